The Morgan fingerprint density at radius 2 is 2.00 bits per heavy atom. The summed E-state index contributed by atoms with van der Waals surface area (Å²) in [6.45, 7) is 0.711. The Bertz CT molecular complexity index is 292. The molecule has 0 radical (unpaired) electrons. The standard InChI is InChI=1S/C10H10ClN/c1-12-8-2-3-9-4-6-10(11)7-5-9/h4-7,12H,8H2,1H3. The van der Waals surface area contributed by atoms with Crippen molar-refractivity contribution in [2.45, 2.75) is 0 Å². The summed E-state index contributed by atoms with van der Waals surface area (Å²) >= 11 is 5.71. The highest BCUT2D eigenvalue weighted by Gasteiger charge is 1.85. The molecule has 0 aliphatic rings. The zero-order chi connectivity index (χ0) is 8.81. The lowest BCUT2D eigenvalue weighted by molar-refractivity contribution is 0.938. The second-order valence-corrected chi connectivity index (χ2v) is 2.78. The Balaban J connectivity index is 2.66. The fraction of sp³-hybridized carbons (Fsp3) is 0.200. The number of nitrogens with one attached hydrogen (secondary N) is 1. The van der Waals surface area contributed by atoms with Gasteiger partial charge in [0.05, 0.1) is 6.54 Å². The van der Waals surface area contributed by atoms with Crippen LogP contribution in [0.2, 0.25) is 5.02 Å². The van der Waals surface area contributed by atoms with Crippen molar-refractivity contribution in [2.75, 3.05) is 13.6 Å². The van der Waals surface area contributed by atoms with Crippen molar-refractivity contribution in [1.29, 1.82) is 0 Å². The topological polar surface area (TPSA) is 12.0 Å². The fourth-order valence-corrected chi connectivity index (χ4v) is 0.894. The van der Waals surface area contributed by atoms with Crippen molar-refractivity contribution in [3.63, 3.8) is 0 Å². The third-order valence-electron chi connectivity index (χ3n) is 1.34. The molecule has 1 rings (SSSR count). The number of hydrogen-bond acceptors (Lipinski definition) is 1. The van der Waals surface area contributed by atoms with E-state index in [1.807, 2.05) is 31.3 Å². The molecular weight excluding hydrogens is 170 g/mol. The smallest absolute Gasteiger partial charge is 0.0577 e. The molecule has 1 nitrogen and oxygen atoms in total. The zero-order valence-corrected chi connectivity index (χ0v) is 7.65. The molecule has 0 unspecified atom stereocenters. The van der Waals surface area contributed by atoms with Crippen LogP contribution in [0.5, 0.6) is 0 Å². The van der Waals surface area contributed by atoms with E-state index in [1.165, 1.54) is 0 Å². The van der Waals surface area contributed by atoms with Gasteiger partial charge in [0.15, 0.2) is 0 Å². The monoisotopic (exact) mass is 179 g/mol. The maximum absolute atomic E-state index is 5.71. The van der Waals surface area contributed by atoms with E-state index in [0.717, 1.165) is 10.6 Å². The lowest BCUT2D eigenvalue weighted by Crippen LogP contribution is -2.04. The van der Waals surface area contributed by atoms with Gasteiger partial charge in [-0.05, 0) is 31.3 Å². The fourth-order valence-electron chi connectivity index (χ4n) is 0.768. The van der Waals surface area contributed by atoms with Crippen LogP contribution in [0.1, 0.15) is 5.56 Å². The number of halogens is 1. The molecule has 0 aromatic heterocycles. The van der Waals surface area contributed by atoms with Gasteiger partial charge in [-0.2, -0.15) is 0 Å². The predicted molar refractivity (Wildman–Crippen MR) is 52.3 cm³/mol. The minimum absolute atomic E-state index is 0.711. The van der Waals surface area contributed by atoms with E-state index < -0.39 is 0 Å². The van der Waals surface area contributed by atoms with Crippen molar-refractivity contribution < 1.29 is 0 Å². The highest BCUT2D eigenvalue weighted by atomic mass is 35.5. The van der Waals surface area contributed by atoms with Crippen LogP contribution in [0.15, 0.2) is 24.3 Å². The van der Waals surface area contributed by atoms with Crippen LogP contribution in [-0.4, -0.2) is 13.6 Å². The molecule has 62 valence electrons. The average molecular weight is 180 g/mol. The molecule has 0 atom stereocenters. The maximum Gasteiger partial charge on any atom is 0.0577 e. The summed E-state index contributed by atoms with van der Waals surface area (Å²) in [7, 11) is 1.87. The molecular formula is C10H10ClN. The molecule has 0 fully saturated rings. The minimum atomic E-state index is 0.711. The Kier molecular flexibility index (Phi) is 3.66. The number of hydrogen-bond donors (Lipinski definition) is 1. The lowest BCUT2D eigenvalue weighted by atomic mass is 10.2. The van der Waals surface area contributed by atoms with Gasteiger partial charge in [-0.15, -0.1) is 0 Å². The molecule has 0 aliphatic carbocycles. The predicted octanol–water partition coefficient (Wildman–Crippen LogP) is 1.91. The summed E-state index contributed by atoms with van der Waals surface area (Å²) in [4.78, 5) is 0. The Morgan fingerprint density at radius 3 is 2.58 bits per heavy atom. The minimum Gasteiger partial charge on any atom is -0.309 e. The SMILES string of the molecule is CNCC#Cc1ccc(Cl)cc1. The van der Waals surface area contributed by atoms with E-state index in [-0.39, 0.29) is 0 Å². The quantitative estimate of drug-likeness (QED) is 0.650. The van der Waals surface area contributed by atoms with Crippen LogP contribution >= 0.6 is 11.6 Å². The molecule has 0 saturated carbocycles. The van der Waals surface area contributed by atoms with Crippen molar-refractivity contribution in [2.24, 2.45) is 0 Å². The Hall–Kier alpha value is -0.970. The van der Waals surface area contributed by atoms with Crippen LogP contribution in [0.4, 0.5) is 0 Å². The molecule has 1 aromatic rings. The van der Waals surface area contributed by atoms with E-state index in [4.69, 9.17) is 11.6 Å². The number of benzene rings is 1. The summed E-state index contributed by atoms with van der Waals surface area (Å²) in [5, 5.41) is 3.69. The summed E-state index contributed by atoms with van der Waals surface area (Å²) in [6, 6.07) is 7.49. The molecule has 1 aromatic carbocycles. The van der Waals surface area contributed by atoms with Gasteiger partial charge in [0, 0.05) is 10.6 Å². The normalized spacial score (nSPS) is 8.83. The van der Waals surface area contributed by atoms with Crippen LogP contribution < -0.4 is 5.32 Å². The second kappa shape index (κ2) is 4.82. The highest BCUT2D eigenvalue weighted by molar-refractivity contribution is 6.30. The van der Waals surface area contributed by atoms with Crippen LogP contribution in [-0.2, 0) is 0 Å². The third kappa shape index (κ3) is 2.96. The van der Waals surface area contributed by atoms with E-state index in [1.54, 1.807) is 0 Å². The van der Waals surface area contributed by atoms with Gasteiger partial charge < -0.3 is 5.32 Å². The van der Waals surface area contributed by atoms with E-state index >= 15 is 0 Å². The number of rotatable bonds is 1. The van der Waals surface area contributed by atoms with E-state index in [2.05, 4.69) is 17.2 Å². The maximum atomic E-state index is 5.71. The molecule has 1 N–H and O–H groups in total. The Morgan fingerprint density at radius 1 is 1.33 bits per heavy atom. The van der Waals surface area contributed by atoms with Crippen molar-refractivity contribution in [3.8, 4) is 11.8 Å². The summed E-state index contributed by atoms with van der Waals surface area (Å²) < 4.78 is 0. The van der Waals surface area contributed by atoms with E-state index in [9.17, 15) is 0 Å². The first-order valence-electron chi connectivity index (χ1n) is 3.72. The lowest BCUT2D eigenvalue weighted by Gasteiger charge is -1.89. The van der Waals surface area contributed by atoms with Gasteiger partial charge in [-0.25, -0.2) is 0 Å². The first kappa shape index (κ1) is 9.12. The second-order valence-electron chi connectivity index (χ2n) is 2.34. The van der Waals surface area contributed by atoms with Gasteiger partial charge in [0.25, 0.3) is 0 Å². The van der Waals surface area contributed by atoms with Crippen molar-refractivity contribution in [3.05, 3.63) is 34.9 Å². The Labute approximate surface area is 77.7 Å². The highest BCUT2D eigenvalue weighted by Crippen LogP contribution is 2.07. The van der Waals surface area contributed by atoms with Crippen molar-refractivity contribution in [1.82, 2.24) is 5.32 Å². The van der Waals surface area contributed by atoms with Crippen molar-refractivity contribution >= 4 is 11.6 Å². The van der Waals surface area contributed by atoms with E-state index in [0.29, 0.717) is 6.54 Å². The van der Waals surface area contributed by atoms with Gasteiger partial charge in [0.2, 0.25) is 0 Å². The summed E-state index contributed by atoms with van der Waals surface area (Å²) in [5.41, 5.74) is 0.995. The third-order valence-corrected chi connectivity index (χ3v) is 1.59. The van der Waals surface area contributed by atoms with Gasteiger partial charge >= 0.3 is 0 Å². The first-order valence-corrected chi connectivity index (χ1v) is 4.10. The van der Waals surface area contributed by atoms with Gasteiger partial charge in [0.1, 0.15) is 0 Å². The molecule has 12 heavy (non-hydrogen) atoms. The first-order chi connectivity index (χ1) is 5.83. The summed E-state index contributed by atoms with van der Waals surface area (Å²) in [5.74, 6) is 5.97. The average Bonchev–Trinajstić information content (AvgIpc) is 2.09. The molecule has 0 heterocycles. The zero-order valence-electron chi connectivity index (χ0n) is 6.89. The van der Waals surface area contributed by atoms with Gasteiger partial charge in [-0.1, -0.05) is 23.4 Å². The molecule has 2 heteroatoms. The largest absolute Gasteiger partial charge is 0.309 e. The molecule has 0 bridgehead atoms. The summed E-state index contributed by atoms with van der Waals surface area (Å²) in [6.07, 6.45) is 0. The van der Waals surface area contributed by atoms with Gasteiger partial charge in [-0.3, -0.25) is 0 Å². The molecule has 0 saturated heterocycles. The van der Waals surface area contributed by atoms with Crippen LogP contribution in [0, 0.1) is 11.8 Å². The van der Waals surface area contributed by atoms with Crippen LogP contribution in [0.25, 0.3) is 0 Å². The molecule has 0 amide bonds. The van der Waals surface area contributed by atoms with Crippen LogP contribution in [0.3, 0.4) is 0 Å². The molecule has 0 spiro atoms. The molecule has 0 aliphatic heterocycles.